The van der Waals surface area contributed by atoms with Crippen LogP contribution in [0.4, 0.5) is 10.1 Å². The Hall–Kier alpha value is -2.54. The van der Waals surface area contributed by atoms with Crippen LogP contribution in [0.15, 0.2) is 29.1 Å². The van der Waals surface area contributed by atoms with Gasteiger partial charge in [0.2, 0.25) is 0 Å². The van der Waals surface area contributed by atoms with E-state index in [0.717, 1.165) is 31.5 Å². The number of rotatable bonds is 3. The van der Waals surface area contributed by atoms with Crippen molar-refractivity contribution in [3.63, 3.8) is 0 Å². The van der Waals surface area contributed by atoms with Gasteiger partial charge in [-0.1, -0.05) is 18.6 Å². The highest BCUT2D eigenvalue weighted by Crippen LogP contribution is 2.31. The average Bonchev–Trinajstić information content (AvgIpc) is 2.86. The number of nitrogens with zero attached hydrogens (tertiary/aromatic N) is 3. The molecule has 1 aromatic carbocycles. The summed E-state index contributed by atoms with van der Waals surface area (Å²) in [5, 5.41) is 0.517. The summed E-state index contributed by atoms with van der Waals surface area (Å²) in [6.45, 7) is 4.60. The lowest BCUT2D eigenvalue weighted by atomic mass is 10.2. The van der Waals surface area contributed by atoms with Crippen molar-refractivity contribution in [3.05, 3.63) is 56.7 Å². The SMILES string of the molecule is CCN(C(=O)c1sc2nc3n(c(=O)c2c1C)CCCCC3)c1ccccc1F. The molecule has 0 N–H and O–H groups in total. The van der Waals surface area contributed by atoms with E-state index in [-0.39, 0.29) is 17.2 Å². The lowest BCUT2D eigenvalue weighted by Crippen LogP contribution is -2.31. The molecule has 0 saturated heterocycles. The lowest BCUT2D eigenvalue weighted by Gasteiger charge is -2.21. The van der Waals surface area contributed by atoms with Gasteiger partial charge in [0, 0.05) is 19.5 Å². The molecule has 0 aliphatic carbocycles. The van der Waals surface area contributed by atoms with E-state index < -0.39 is 5.82 Å². The molecule has 0 bridgehead atoms. The molecule has 4 rings (SSSR count). The van der Waals surface area contributed by atoms with Crippen molar-refractivity contribution < 1.29 is 9.18 Å². The quantitative estimate of drug-likeness (QED) is 0.660. The number of thiophene rings is 1. The van der Waals surface area contributed by atoms with Crippen LogP contribution in [0.25, 0.3) is 10.2 Å². The van der Waals surface area contributed by atoms with Crippen molar-refractivity contribution >= 4 is 33.1 Å². The molecule has 0 radical (unpaired) electrons. The molecule has 0 atom stereocenters. The molecule has 28 heavy (non-hydrogen) atoms. The highest BCUT2D eigenvalue weighted by Gasteiger charge is 2.26. The molecular weight excluding hydrogens is 377 g/mol. The van der Waals surface area contributed by atoms with Gasteiger partial charge in [-0.25, -0.2) is 9.37 Å². The first-order valence-electron chi connectivity index (χ1n) is 9.62. The van der Waals surface area contributed by atoms with Gasteiger partial charge in [0.1, 0.15) is 16.5 Å². The van der Waals surface area contributed by atoms with E-state index in [2.05, 4.69) is 0 Å². The molecule has 0 unspecified atom stereocenters. The highest BCUT2D eigenvalue weighted by molar-refractivity contribution is 7.20. The van der Waals surface area contributed by atoms with Crippen LogP contribution in [-0.2, 0) is 13.0 Å². The lowest BCUT2D eigenvalue weighted by molar-refractivity contribution is 0.0991. The van der Waals surface area contributed by atoms with Gasteiger partial charge in [-0.05, 0) is 44.4 Å². The fourth-order valence-corrected chi connectivity index (χ4v) is 4.97. The first-order chi connectivity index (χ1) is 13.5. The summed E-state index contributed by atoms with van der Waals surface area (Å²) in [5.74, 6) is 0.0609. The van der Waals surface area contributed by atoms with Crippen molar-refractivity contribution in [3.8, 4) is 0 Å². The first kappa shape index (κ1) is 18.8. The Labute approximate surface area is 166 Å². The van der Waals surface area contributed by atoms with Gasteiger partial charge in [-0.2, -0.15) is 0 Å². The van der Waals surface area contributed by atoms with Crippen LogP contribution in [0.3, 0.4) is 0 Å². The minimum absolute atomic E-state index is 0.0661. The number of hydrogen-bond acceptors (Lipinski definition) is 4. The Morgan fingerprint density at radius 1 is 1.29 bits per heavy atom. The summed E-state index contributed by atoms with van der Waals surface area (Å²) in [5.41, 5.74) is 0.813. The number of carbonyl (C=O) groups is 1. The summed E-state index contributed by atoms with van der Waals surface area (Å²) in [7, 11) is 0. The van der Waals surface area contributed by atoms with Crippen LogP contribution in [-0.4, -0.2) is 22.0 Å². The number of anilines is 1. The zero-order valence-corrected chi connectivity index (χ0v) is 16.8. The molecule has 2 aromatic heterocycles. The Kier molecular flexibility index (Phi) is 5.02. The first-order valence-corrected chi connectivity index (χ1v) is 10.4. The number of halogens is 1. The van der Waals surface area contributed by atoms with Crippen molar-refractivity contribution in [2.45, 2.75) is 46.1 Å². The van der Waals surface area contributed by atoms with Crippen molar-refractivity contribution in [2.24, 2.45) is 0 Å². The molecule has 3 aromatic rings. The maximum absolute atomic E-state index is 14.3. The summed E-state index contributed by atoms with van der Waals surface area (Å²) >= 11 is 1.23. The second kappa shape index (κ2) is 7.47. The maximum Gasteiger partial charge on any atom is 0.268 e. The normalized spacial score (nSPS) is 14.0. The largest absolute Gasteiger partial charge is 0.305 e. The third-order valence-electron chi connectivity index (χ3n) is 5.31. The van der Waals surface area contributed by atoms with Gasteiger partial charge in [0.15, 0.2) is 0 Å². The Morgan fingerprint density at radius 2 is 2.07 bits per heavy atom. The number of benzene rings is 1. The van der Waals surface area contributed by atoms with Crippen molar-refractivity contribution in [1.29, 1.82) is 0 Å². The molecule has 0 fully saturated rings. The summed E-state index contributed by atoms with van der Waals surface area (Å²) in [6, 6.07) is 6.24. The standard InChI is InChI=1S/C21H22FN3O2S/c1-3-24(15-10-7-6-9-14(15)22)21(27)18-13(2)17-19(28-18)23-16-11-5-4-8-12-25(16)20(17)26/h6-7,9-10H,3-5,8,11-12H2,1-2H3. The predicted molar refractivity (Wildman–Crippen MR) is 110 cm³/mol. The number of hydrogen-bond donors (Lipinski definition) is 0. The smallest absolute Gasteiger partial charge is 0.268 e. The predicted octanol–water partition coefficient (Wildman–Crippen LogP) is 4.30. The third-order valence-corrected chi connectivity index (χ3v) is 6.48. The van der Waals surface area contributed by atoms with Gasteiger partial charge in [0.05, 0.1) is 16.0 Å². The molecule has 5 nitrogen and oxygen atoms in total. The van der Waals surface area contributed by atoms with Crippen molar-refractivity contribution in [2.75, 3.05) is 11.4 Å². The van der Waals surface area contributed by atoms with Gasteiger partial charge in [0.25, 0.3) is 11.5 Å². The molecular formula is C21H22FN3O2S. The molecule has 7 heteroatoms. The second-order valence-electron chi connectivity index (χ2n) is 7.03. The Bertz CT molecular complexity index is 1120. The minimum Gasteiger partial charge on any atom is -0.305 e. The van der Waals surface area contributed by atoms with Crippen molar-refractivity contribution in [1.82, 2.24) is 9.55 Å². The van der Waals surface area contributed by atoms with Crippen LogP contribution in [0.1, 0.15) is 47.2 Å². The fraction of sp³-hybridized carbons (Fsp3) is 0.381. The van der Waals surface area contributed by atoms with Crippen LogP contribution in [0.5, 0.6) is 0 Å². The summed E-state index contributed by atoms with van der Waals surface area (Å²) in [4.78, 5) is 33.5. The van der Waals surface area contributed by atoms with E-state index in [0.29, 0.717) is 33.7 Å². The molecule has 0 spiro atoms. The number of amides is 1. The molecule has 1 aliphatic rings. The van der Waals surface area contributed by atoms with E-state index in [4.69, 9.17) is 4.98 Å². The Morgan fingerprint density at radius 3 is 2.82 bits per heavy atom. The van der Waals surface area contributed by atoms with Gasteiger partial charge in [-0.15, -0.1) is 11.3 Å². The van der Waals surface area contributed by atoms with E-state index in [1.807, 2.05) is 6.92 Å². The summed E-state index contributed by atoms with van der Waals surface area (Å²) in [6.07, 6.45) is 3.85. The van der Waals surface area contributed by atoms with E-state index in [1.54, 1.807) is 29.7 Å². The zero-order chi connectivity index (χ0) is 19.8. The van der Waals surface area contributed by atoms with E-state index in [1.165, 1.54) is 22.3 Å². The number of fused-ring (bicyclic) bond motifs is 2. The average molecular weight is 399 g/mol. The molecule has 0 saturated carbocycles. The molecule has 1 aliphatic heterocycles. The number of aromatic nitrogens is 2. The number of carbonyl (C=O) groups excluding carboxylic acids is 1. The monoisotopic (exact) mass is 399 g/mol. The Balaban J connectivity index is 1.84. The number of aryl methyl sites for hydroxylation is 2. The molecule has 146 valence electrons. The van der Waals surface area contributed by atoms with Crippen LogP contribution in [0, 0.1) is 12.7 Å². The molecule has 3 heterocycles. The highest BCUT2D eigenvalue weighted by atomic mass is 32.1. The third kappa shape index (κ3) is 3.03. The van der Waals surface area contributed by atoms with Gasteiger partial charge in [-0.3, -0.25) is 14.2 Å². The van der Waals surface area contributed by atoms with Gasteiger partial charge >= 0.3 is 0 Å². The molecule has 1 amide bonds. The topological polar surface area (TPSA) is 55.2 Å². The van der Waals surface area contributed by atoms with Crippen LogP contribution < -0.4 is 10.5 Å². The van der Waals surface area contributed by atoms with Crippen LogP contribution in [0.2, 0.25) is 0 Å². The second-order valence-corrected chi connectivity index (χ2v) is 8.03. The zero-order valence-electron chi connectivity index (χ0n) is 16.0. The maximum atomic E-state index is 14.3. The summed E-state index contributed by atoms with van der Waals surface area (Å²) < 4.78 is 16.0. The fourth-order valence-electron chi connectivity index (χ4n) is 3.83. The van der Waals surface area contributed by atoms with Gasteiger partial charge < -0.3 is 4.90 Å². The minimum atomic E-state index is -0.443. The van der Waals surface area contributed by atoms with E-state index >= 15 is 0 Å². The number of para-hydroxylation sites is 1. The van der Waals surface area contributed by atoms with Crippen LogP contribution >= 0.6 is 11.3 Å². The van der Waals surface area contributed by atoms with E-state index in [9.17, 15) is 14.0 Å².